The van der Waals surface area contributed by atoms with Gasteiger partial charge in [-0.3, -0.25) is 4.55 Å². The Bertz CT molecular complexity index is 669. The van der Waals surface area contributed by atoms with Gasteiger partial charge < -0.3 is 4.57 Å². The van der Waals surface area contributed by atoms with E-state index in [1.165, 1.54) is 75.7 Å². The van der Waals surface area contributed by atoms with Crippen LogP contribution in [0.5, 0.6) is 0 Å². The SMILES string of the molecule is CCCCCS(=O)(=O)O.CCCCc1nc(C)n(C(CCC)CCCC)c1CCCC. The van der Waals surface area contributed by atoms with E-state index < -0.39 is 10.1 Å². The summed E-state index contributed by atoms with van der Waals surface area (Å²) in [6.45, 7) is 13.4. The van der Waals surface area contributed by atoms with Crippen molar-refractivity contribution in [1.29, 1.82) is 0 Å². The predicted octanol–water partition coefficient (Wildman–Crippen LogP) is 7.47. The van der Waals surface area contributed by atoms with Crippen molar-refractivity contribution in [2.45, 2.75) is 137 Å². The summed E-state index contributed by atoms with van der Waals surface area (Å²) in [6, 6.07) is 0.666. The Morgan fingerprint density at radius 1 is 0.806 bits per heavy atom. The Hall–Kier alpha value is -0.880. The minimum Gasteiger partial charge on any atom is -0.329 e. The highest BCUT2D eigenvalue weighted by molar-refractivity contribution is 7.85. The molecule has 0 radical (unpaired) electrons. The number of nitrogens with zero attached hydrogens (tertiary/aromatic N) is 2. The van der Waals surface area contributed by atoms with E-state index in [0.29, 0.717) is 12.5 Å². The fourth-order valence-electron chi connectivity index (χ4n) is 4.00. The number of aromatic nitrogens is 2. The van der Waals surface area contributed by atoms with E-state index in [1.54, 1.807) is 5.69 Å². The van der Waals surface area contributed by atoms with Crippen LogP contribution in [-0.2, 0) is 23.0 Å². The summed E-state index contributed by atoms with van der Waals surface area (Å²) >= 11 is 0. The molecule has 0 saturated carbocycles. The number of imidazole rings is 1. The Morgan fingerprint density at radius 3 is 1.90 bits per heavy atom. The van der Waals surface area contributed by atoms with Gasteiger partial charge in [0.1, 0.15) is 5.82 Å². The second-order valence-corrected chi connectivity index (χ2v) is 10.3. The van der Waals surface area contributed by atoms with Crippen LogP contribution in [0.4, 0.5) is 0 Å². The van der Waals surface area contributed by atoms with Gasteiger partial charge in [0.25, 0.3) is 10.1 Å². The lowest BCUT2D eigenvalue weighted by Gasteiger charge is -2.23. The van der Waals surface area contributed by atoms with Gasteiger partial charge in [-0.15, -0.1) is 0 Å². The van der Waals surface area contributed by atoms with Crippen molar-refractivity contribution in [1.82, 2.24) is 9.55 Å². The Balaban J connectivity index is 0.000000842. The highest BCUT2D eigenvalue weighted by Crippen LogP contribution is 2.28. The van der Waals surface area contributed by atoms with E-state index in [0.717, 1.165) is 19.3 Å². The average molecular weight is 459 g/mol. The molecule has 0 aliphatic carbocycles. The fourth-order valence-corrected chi connectivity index (χ4v) is 4.56. The molecule has 1 atom stereocenters. The molecule has 0 saturated heterocycles. The maximum absolute atomic E-state index is 10.1. The first-order valence-electron chi connectivity index (χ1n) is 12.8. The molecule has 0 aliphatic heterocycles. The number of hydrogen-bond donors (Lipinski definition) is 1. The first-order chi connectivity index (χ1) is 14.7. The van der Waals surface area contributed by atoms with Crippen molar-refractivity contribution in [3.63, 3.8) is 0 Å². The van der Waals surface area contributed by atoms with Crippen LogP contribution in [0.3, 0.4) is 0 Å². The molecule has 1 unspecified atom stereocenters. The molecule has 31 heavy (non-hydrogen) atoms. The molecule has 0 bridgehead atoms. The molecule has 6 heteroatoms. The van der Waals surface area contributed by atoms with Crippen molar-refractivity contribution < 1.29 is 13.0 Å². The van der Waals surface area contributed by atoms with Crippen molar-refractivity contribution in [2.75, 3.05) is 5.75 Å². The summed E-state index contributed by atoms with van der Waals surface area (Å²) in [4.78, 5) is 4.98. The van der Waals surface area contributed by atoms with Gasteiger partial charge in [0, 0.05) is 11.7 Å². The molecule has 0 fully saturated rings. The minimum absolute atomic E-state index is 0.0964. The normalized spacial score (nSPS) is 12.5. The summed E-state index contributed by atoms with van der Waals surface area (Å²) < 4.78 is 31.0. The molecule has 1 rings (SSSR count). The zero-order valence-corrected chi connectivity index (χ0v) is 22.1. The lowest BCUT2D eigenvalue weighted by molar-refractivity contribution is 0.398. The van der Waals surface area contributed by atoms with E-state index in [9.17, 15) is 8.42 Å². The summed E-state index contributed by atoms with van der Waals surface area (Å²) in [5, 5.41) is 0. The maximum atomic E-state index is 10.1. The third kappa shape index (κ3) is 13.3. The summed E-state index contributed by atoms with van der Waals surface area (Å²) in [6.07, 6.45) is 16.4. The molecule has 0 aliphatic rings. The molecular weight excluding hydrogens is 408 g/mol. The van der Waals surface area contributed by atoms with Crippen molar-refractivity contribution >= 4 is 10.1 Å². The molecule has 1 aromatic heterocycles. The summed E-state index contributed by atoms with van der Waals surface area (Å²) in [5.74, 6) is 1.16. The highest BCUT2D eigenvalue weighted by atomic mass is 32.2. The first kappa shape index (κ1) is 30.1. The topological polar surface area (TPSA) is 72.2 Å². The van der Waals surface area contributed by atoms with Gasteiger partial charge in [0.05, 0.1) is 11.4 Å². The number of hydrogen-bond acceptors (Lipinski definition) is 3. The van der Waals surface area contributed by atoms with E-state index in [-0.39, 0.29) is 5.75 Å². The van der Waals surface area contributed by atoms with Crippen LogP contribution in [0, 0.1) is 6.92 Å². The van der Waals surface area contributed by atoms with Crippen LogP contribution in [0.25, 0.3) is 0 Å². The third-order valence-corrected chi connectivity index (χ3v) is 6.49. The standard InChI is InChI=1S/C20H38N2.C5H12O3S/c1-6-10-14-18(13-9-4)22-17(5)21-19(15-11-7-2)20(22)16-12-8-3;1-2-3-4-5-9(6,7)8/h18H,6-16H2,1-5H3;2-5H2,1H3,(H,6,7,8). The number of aryl methyl sites for hydroxylation is 2. The smallest absolute Gasteiger partial charge is 0.264 e. The number of unbranched alkanes of at least 4 members (excludes halogenated alkanes) is 5. The van der Waals surface area contributed by atoms with E-state index in [1.807, 2.05) is 6.92 Å². The minimum atomic E-state index is -3.70. The van der Waals surface area contributed by atoms with Gasteiger partial charge in [0.15, 0.2) is 0 Å². The van der Waals surface area contributed by atoms with Crippen molar-refractivity contribution in [3.05, 3.63) is 17.2 Å². The van der Waals surface area contributed by atoms with Crippen molar-refractivity contribution in [3.8, 4) is 0 Å². The molecule has 0 amide bonds. The van der Waals surface area contributed by atoms with Gasteiger partial charge in [-0.25, -0.2) is 4.98 Å². The highest BCUT2D eigenvalue weighted by Gasteiger charge is 2.20. The Labute approximate surface area is 193 Å². The Kier molecular flexibility index (Phi) is 17.1. The van der Waals surface area contributed by atoms with Crippen LogP contribution in [0.1, 0.15) is 135 Å². The summed E-state index contributed by atoms with van der Waals surface area (Å²) in [7, 11) is -3.70. The van der Waals surface area contributed by atoms with Gasteiger partial charge >= 0.3 is 0 Å². The van der Waals surface area contributed by atoms with Gasteiger partial charge in [0.2, 0.25) is 0 Å². The lowest BCUT2D eigenvalue weighted by Crippen LogP contribution is -2.14. The van der Waals surface area contributed by atoms with Crippen LogP contribution < -0.4 is 0 Å². The Morgan fingerprint density at radius 2 is 1.39 bits per heavy atom. The number of rotatable bonds is 16. The maximum Gasteiger partial charge on any atom is 0.264 e. The van der Waals surface area contributed by atoms with Crippen molar-refractivity contribution in [2.24, 2.45) is 0 Å². The predicted molar refractivity (Wildman–Crippen MR) is 134 cm³/mol. The fraction of sp³-hybridized carbons (Fsp3) is 0.880. The largest absolute Gasteiger partial charge is 0.329 e. The third-order valence-electron chi connectivity index (χ3n) is 5.69. The van der Waals surface area contributed by atoms with E-state index >= 15 is 0 Å². The second-order valence-electron chi connectivity index (χ2n) is 8.71. The first-order valence-corrected chi connectivity index (χ1v) is 14.4. The molecule has 5 nitrogen and oxygen atoms in total. The van der Waals surface area contributed by atoms with Crippen LogP contribution in [0.2, 0.25) is 0 Å². The lowest BCUT2D eigenvalue weighted by atomic mass is 10.0. The molecule has 1 N–H and O–H groups in total. The molecule has 1 aromatic rings. The quantitative estimate of drug-likeness (QED) is 0.206. The van der Waals surface area contributed by atoms with E-state index in [4.69, 9.17) is 9.54 Å². The molecule has 184 valence electrons. The summed E-state index contributed by atoms with van der Waals surface area (Å²) in [5.41, 5.74) is 2.95. The van der Waals surface area contributed by atoms with Crippen LogP contribution in [-0.4, -0.2) is 28.3 Å². The molecular formula is C25H50N2O3S. The zero-order chi connectivity index (χ0) is 23.7. The zero-order valence-electron chi connectivity index (χ0n) is 21.3. The van der Waals surface area contributed by atoms with Crippen LogP contribution >= 0.6 is 0 Å². The van der Waals surface area contributed by atoms with Gasteiger partial charge in [-0.05, 0) is 51.9 Å². The van der Waals surface area contributed by atoms with Gasteiger partial charge in [-0.1, -0.05) is 79.6 Å². The van der Waals surface area contributed by atoms with Gasteiger partial charge in [-0.2, -0.15) is 8.42 Å². The second kappa shape index (κ2) is 17.6. The molecule has 0 aromatic carbocycles. The van der Waals surface area contributed by atoms with E-state index in [2.05, 4.69) is 39.2 Å². The van der Waals surface area contributed by atoms with Crippen LogP contribution in [0.15, 0.2) is 0 Å². The molecule has 1 heterocycles. The average Bonchev–Trinajstić information content (AvgIpc) is 3.02. The monoisotopic (exact) mass is 458 g/mol. The molecule has 0 spiro atoms.